The molecule has 0 aromatic rings. The van der Waals surface area contributed by atoms with E-state index >= 15 is 0 Å². The fraction of sp³-hybridized carbons (Fsp3) is 0.923. The zero-order valence-corrected chi connectivity index (χ0v) is 14.1. The van der Waals surface area contributed by atoms with Gasteiger partial charge < -0.3 is 0 Å². The smallest absolute Gasteiger partial charge is 0.170 e. The topological polar surface area (TPSA) is 0 Å². The minimum atomic E-state index is -4.14. The molecule has 3 heterocycles. The normalized spacial score (nSPS) is 43.5. The Morgan fingerprint density at radius 3 is 2.50 bits per heavy atom. The van der Waals surface area contributed by atoms with E-state index in [1.165, 1.54) is 11.8 Å². The fourth-order valence-corrected chi connectivity index (χ4v) is 8.94. The minimum absolute atomic E-state index is 0.114. The van der Waals surface area contributed by atoms with Crippen molar-refractivity contribution in [3.05, 3.63) is 5.25 Å². The van der Waals surface area contributed by atoms with Crippen molar-refractivity contribution < 1.29 is 13.2 Å². The lowest BCUT2D eigenvalue weighted by atomic mass is 9.68. The van der Waals surface area contributed by atoms with Gasteiger partial charge in [-0.1, -0.05) is 0 Å². The second-order valence-corrected chi connectivity index (χ2v) is 9.69. The molecule has 115 valence electrons. The molecular weight excluding hydrogens is 345 g/mol. The summed E-state index contributed by atoms with van der Waals surface area (Å²) in [4.78, 5) is 0. The zero-order chi connectivity index (χ0) is 14.4. The molecule has 20 heavy (non-hydrogen) atoms. The summed E-state index contributed by atoms with van der Waals surface area (Å²) < 4.78 is 42.0. The third-order valence-electron chi connectivity index (χ3n) is 4.60. The summed E-state index contributed by atoms with van der Waals surface area (Å²) in [6.45, 7) is 0. The molecule has 3 rings (SSSR count). The zero-order valence-electron chi connectivity index (χ0n) is 10.9. The van der Waals surface area contributed by atoms with E-state index < -0.39 is 11.6 Å². The van der Waals surface area contributed by atoms with Gasteiger partial charge in [-0.05, 0) is 48.2 Å². The predicted molar refractivity (Wildman–Crippen MR) is 84.7 cm³/mol. The molecule has 0 amide bonds. The van der Waals surface area contributed by atoms with Gasteiger partial charge in [0.15, 0.2) is 0 Å². The first-order valence-corrected chi connectivity index (χ1v) is 10.5. The Hall–Kier alpha value is 1.13. The van der Waals surface area contributed by atoms with Gasteiger partial charge in [0.05, 0.1) is 10.7 Å². The van der Waals surface area contributed by atoms with Crippen LogP contribution < -0.4 is 0 Å². The number of halogens is 4. The molecule has 0 aromatic carbocycles. The van der Waals surface area contributed by atoms with Gasteiger partial charge >= 0.3 is 6.18 Å². The van der Waals surface area contributed by atoms with E-state index in [9.17, 15) is 13.2 Å². The van der Waals surface area contributed by atoms with E-state index in [1.54, 1.807) is 23.5 Å². The molecular formula is C13H17ClF3S3. The maximum absolute atomic E-state index is 14.0. The van der Waals surface area contributed by atoms with E-state index in [0.29, 0.717) is 23.2 Å². The molecule has 1 radical (unpaired) electrons. The van der Waals surface area contributed by atoms with Crippen LogP contribution in [0.4, 0.5) is 13.2 Å². The third-order valence-corrected chi connectivity index (χ3v) is 9.27. The van der Waals surface area contributed by atoms with Gasteiger partial charge in [-0.15, -0.1) is 11.6 Å². The van der Waals surface area contributed by atoms with E-state index in [4.69, 9.17) is 11.6 Å². The highest BCUT2D eigenvalue weighted by molar-refractivity contribution is 8.05. The molecule has 3 saturated heterocycles. The van der Waals surface area contributed by atoms with Crippen LogP contribution in [-0.4, -0.2) is 39.8 Å². The van der Waals surface area contributed by atoms with Crippen molar-refractivity contribution in [1.29, 1.82) is 0 Å². The molecule has 0 spiro atoms. The minimum Gasteiger partial charge on any atom is -0.170 e. The van der Waals surface area contributed by atoms with Gasteiger partial charge in [0.1, 0.15) is 0 Å². The van der Waals surface area contributed by atoms with Crippen LogP contribution in [0.15, 0.2) is 0 Å². The molecule has 0 nitrogen and oxygen atoms in total. The Morgan fingerprint density at radius 2 is 1.95 bits per heavy atom. The van der Waals surface area contributed by atoms with Crippen molar-refractivity contribution in [2.24, 2.45) is 11.3 Å². The summed E-state index contributed by atoms with van der Waals surface area (Å²) in [6, 6.07) is 0. The van der Waals surface area contributed by atoms with Crippen LogP contribution >= 0.6 is 46.9 Å². The number of rotatable bonds is 2. The van der Waals surface area contributed by atoms with Crippen molar-refractivity contribution in [2.45, 2.75) is 36.1 Å². The van der Waals surface area contributed by atoms with E-state index in [1.807, 2.05) is 0 Å². The van der Waals surface area contributed by atoms with Crippen molar-refractivity contribution in [2.75, 3.05) is 23.0 Å². The van der Waals surface area contributed by atoms with Crippen LogP contribution in [0.25, 0.3) is 0 Å². The van der Waals surface area contributed by atoms with E-state index in [2.05, 4.69) is 0 Å². The van der Waals surface area contributed by atoms with Gasteiger partial charge in [0, 0.05) is 10.6 Å². The highest BCUT2D eigenvalue weighted by Gasteiger charge is 2.68. The maximum atomic E-state index is 14.0. The maximum Gasteiger partial charge on any atom is 0.396 e. The number of thioether (sulfide) groups is 3. The molecule has 0 aliphatic carbocycles. The summed E-state index contributed by atoms with van der Waals surface area (Å²) in [5.41, 5.74) is -1.57. The largest absolute Gasteiger partial charge is 0.396 e. The van der Waals surface area contributed by atoms with E-state index in [-0.39, 0.29) is 23.0 Å². The summed E-state index contributed by atoms with van der Waals surface area (Å²) in [5, 5.41) is 0.410. The van der Waals surface area contributed by atoms with Crippen molar-refractivity contribution in [3.8, 4) is 0 Å². The van der Waals surface area contributed by atoms with Crippen LogP contribution in [0.1, 0.15) is 19.3 Å². The summed E-state index contributed by atoms with van der Waals surface area (Å²) >= 11 is 11.1. The highest BCUT2D eigenvalue weighted by atomic mass is 35.5. The van der Waals surface area contributed by atoms with Crippen LogP contribution in [0, 0.1) is 16.6 Å². The lowest BCUT2D eigenvalue weighted by Gasteiger charge is -2.43. The molecule has 4 unspecified atom stereocenters. The summed E-state index contributed by atoms with van der Waals surface area (Å²) in [7, 11) is 0. The number of hydrogen-bond acceptors (Lipinski definition) is 3. The number of alkyl halides is 4. The first kappa shape index (κ1) is 16.0. The van der Waals surface area contributed by atoms with Gasteiger partial charge in [-0.2, -0.15) is 48.5 Å². The SMILES string of the molecule is FC(F)(F)C1(C2CCSC2)CCS[C]1C1SCCC1Cl. The van der Waals surface area contributed by atoms with Crippen molar-refractivity contribution in [1.82, 2.24) is 0 Å². The Balaban J connectivity index is 1.94. The summed E-state index contributed by atoms with van der Waals surface area (Å²) in [5.74, 6) is 2.74. The quantitative estimate of drug-likeness (QED) is 0.630. The molecule has 0 N–H and O–H groups in total. The third kappa shape index (κ3) is 2.50. The molecule has 4 atom stereocenters. The van der Waals surface area contributed by atoms with Gasteiger partial charge in [-0.3, -0.25) is 0 Å². The Kier molecular flexibility index (Phi) is 4.78. The lowest BCUT2D eigenvalue weighted by Crippen LogP contribution is -2.49. The highest BCUT2D eigenvalue weighted by Crippen LogP contribution is 2.67. The van der Waals surface area contributed by atoms with E-state index in [0.717, 1.165) is 17.9 Å². The van der Waals surface area contributed by atoms with Crippen LogP contribution in [0.2, 0.25) is 0 Å². The molecule has 3 aliphatic rings. The first-order chi connectivity index (χ1) is 9.47. The van der Waals surface area contributed by atoms with Gasteiger partial charge in [0.2, 0.25) is 0 Å². The monoisotopic (exact) mass is 361 g/mol. The molecule has 0 aromatic heterocycles. The fourth-order valence-electron chi connectivity index (χ4n) is 3.55. The molecule has 3 fully saturated rings. The second kappa shape index (κ2) is 5.97. The van der Waals surface area contributed by atoms with Gasteiger partial charge in [0.25, 0.3) is 0 Å². The first-order valence-electron chi connectivity index (χ1n) is 6.87. The Morgan fingerprint density at radius 1 is 1.15 bits per heavy atom. The van der Waals surface area contributed by atoms with Gasteiger partial charge in [-0.25, -0.2) is 0 Å². The molecule has 7 heteroatoms. The predicted octanol–water partition coefficient (Wildman–Crippen LogP) is 5.07. The molecule has 0 bridgehead atoms. The summed E-state index contributed by atoms with van der Waals surface area (Å²) in [6.07, 6.45) is -2.36. The average molecular weight is 362 g/mol. The van der Waals surface area contributed by atoms with Crippen LogP contribution in [-0.2, 0) is 0 Å². The Bertz CT molecular complexity index is 359. The Labute approximate surface area is 135 Å². The average Bonchev–Trinajstić information content (AvgIpc) is 3.05. The molecule has 3 aliphatic heterocycles. The second-order valence-electron chi connectivity index (χ2n) is 5.59. The van der Waals surface area contributed by atoms with Crippen molar-refractivity contribution in [3.63, 3.8) is 0 Å². The van der Waals surface area contributed by atoms with Crippen molar-refractivity contribution >= 4 is 46.9 Å². The number of hydrogen-bond donors (Lipinski definition) is 0. The molecule has 0 saturated carbocycles. The van der Waals surface area contributed by atoms with Crippen LogP contribution in [0.3, 0.4) is 0 Å². The standard InChI is InChI=1S/C13H17ClF3S3/c14-9-2-5-19-10(9)11-12(3-6-20-11,13(15,16)17)8-1-4-18-7-8/h8-10H,1-7H2. The lowest BCUT2D eigenvalue weighted by molar-refractivity contribution is -0.229. The van der Waals surface area contributed by atoms with Crippen LogP contribution in [0.5, 0.6) is 0 Å².